The standard InChI is InChI=1S/C26H32N6O/c33-26(28-17-21-12-13-27-25(16-21)31-14-5-2-6-15-31)30-23-10-7-11-24-22(23)18-29-32(24)19-20-8-3-1-4-9-20/h1,3-4,8-9,12-13,16,18,23H,2,5-7,10-11,14-15,17,19H2,(H2,28,30,33). The van der Waals surface area contributed by atoms with E-state index in [-0.39, 0.29) is 12.1 Å². The number of rotatable bonds is 6. The number of aromatic nitrogens is 3. The fourth-order valence-electron chi connectivity index (χ4n) is 4.92. The Kier molecular flexibility index (Phi) is 6.56. The molecule has 1 saturated heterocycles. The lowest BCUT2D eigenvalue weighted by molar-refractivity contribution is 0.235. The van der Waals surface area contributed by atoms with Crippen molar-refractivity contribution in [2.24, 2.45) is 0 Å². The largest absolute Gasteiger partial charge is 0.357 e. The maximum Gasteiger partial charge on any atom is 0.315 e. The van der Waals surface area contributed by atoms with E-state index in [9.17, 15) is 4.79 Å². The molecule has 2 N–H and O–H groups in total. The number of amides is 2. The number of urea groups is 1. The minimum absolute atomic E-state index is 0.000348. The predicted octanol–water partition coefficient (Wildman–Crippen LogP) is 4.19. The molecule has 0 radical (unpaired) electrons. The van der Waals surface area contributed by atoms with Crippen LogP contribution in [0, 0.1) is 0 Å². The van der Waals surface area contributed by atoms with Gasteiger partial charge in [-0.3, -0.25) is 4.68 Å². The van der Waals surface area contributed by atoms with Crippen LogP contribution in [0.1, 0.15) is 60.5 Å². The molecule has 172 valence electrons. The van der Waals surface area contributed by atoms with Crippen molar-refractivity contribution >= 4 is 11.8 Å². The van der Waals surface area contributed by atoms with Crippen molar-refractivity contribution in [1.29, 1.82) is 0 Å². The molecule has 7 nitrogen and oxygen atoms in total. The monoisotopic (exact) mass is 444 g/mol. The van der Waals surface area contributed by atoms with Crippen LogP contribution >= 0.6 is 0 Å². The van der Waals surface area contributed by atoms with E-state index >= 15 is 0 Å². The van der Waals surface area contributed by atoms with Gasteiger partial charge in [-0.15, -0.1) is 0 Å². The van der Waals surface area contributed by atoms with Crippen LogP contribution in [0.2, 0.25) is 0 Å². The molecule has 1 atom stereocenters. The summed E-state index contributed by atoms with van der Waals surface area (Å²) in [6.07, 6.45) is 10.5. The quantitative estimate of drug-likeness (QED) is 0.598. The number of pyridine rings is 1. The summed E-state index contributed by atoms with van der Waals surface area (Å²) in [5.41, 5.74) is 4.68. The topological polar surface area (TPSA) is 75.1 Å². The third kappa shape index (κ3) is 5.18. The van der Waals surface area contributed by atoms with Crippen LogP contribution in [-0.2, 0) is 19.5 Å². The highest BCUT2D eigenvalue weighted by atomic mass is 16.2. The van der Waals surface area contributed by atoms with Crippen LogP contribution in [-0.4, -0.2) is 33.9 Å². The lowest BCUT2D eigenvalue weighted by Crippen LogP contribution is -2.38. The highest BCUT2D eigenvalue weighted by molar-refractivity contribution is 5.74. The Hall–Kier alpha value is -3.35. The van der Waals surface area contributed by atoms with E-state index in [1.165, 1.54) is 30.5 Å². The Morgan fingerprint density at radius 1 is 1.03 bits per heavy atom. The summed E-state index contributed by atoms with van der Waals surface area (Å²) in [5.74, 6) is 1.01. The number of hydrogen-bond donors (Lipinski definition) is 2. The first-order valence-electron chi connectivity index (χ1n) is 12.1. The van der Waals surface area contributed by atoms with Gasteiger partial charge in [-0.2, -0.15) is 5.10 Å². The zero-order valence-corrected chi connectivity index (χ0v) is 19.0. The summed E-state index contributed by atoms with van der Waals surface area (Å²) in [7, 11) is 0. The van der Waals surface area contributed by atoms with Crippen molar-refractivity contribution in [2.45, 2.75) is 57.7 Å². The molecule has 1 fully saturated rings. The van der Waals surface area contributed by atoms with Gasteiger partial charge in [-0.1, -0.05) is 30.3 Å². The van der Waals surface area contributed by atoms with E-state index < -0.39 is 0 Å². The van der Waals surface area contributed by atoms with Crippen molar-refractivity contribution < 1.29 is 4.79 Å². The molecule has 3 heterocycles. The molecule has 33 heavy (non-hydrogen) atoms. The minimum atomic E-state index is -0.139. The van der Waals surface area contributed by atoms with Crippen LogP contribution in [0.15, 0.2) is 54.9 Å². The maximum absolute atomic E-state index is 12.7. The first kappa shape index (κ1) is 21.5. The first-order valence-corrected chi connectivity index (χ1v) is 12.1. The average Bonchev–Trinajstić information content (AvgIpc) is 3.28. The number of piperidine rings is 1. The number of fused-ring (bicyclic) bond motifs is 1. The predicted molar refractivity (Wildman–Crippen MR) is 129 cm³/mol. The fraction of sp³-hybridized carbons (Fsp3) is 0.423. The van der Waals surface area contributed by atoms with Gasteiger partial charge in [0.05, 0.1) is 18.8 Å². The zero-order chi connectivity index (χ0) is 22.5. The Balaban J connectivity index is 1.18. The van der Waals surface area contributed by atoms with Gasteiger partial charge in [0.1, 0.15) is 5.82 Å². The van der Waals surface area contributed by atoms with Gasteiger partial charge in [0.15, 0.2) is 0 Å². The molecule has 1 aliphatic heterocycles. The second-order valence-corrected chi connectivity index (χ2v) is 9.03. The van der Waals surface area contributed by atoms with Gasteiger partial charge in [0, 0.05) is 37.1 Å². The van der Waals surface area contributed by atoms with E-state index in [1.807, 2.05) is 24.5 Å². The van der Waals surface area contributed by atoms with Crippen LogP contribution in [0.5, 0.6) is 0 Å². The van der Waals surface area contributed by atoms with Gasteiger partial charge in [-0.05, 0) is 61.8 Å². The molecule has 3 aromatic rings. The van der Waals surface area contributed by atoms with Crippen LogP contribution < -0.4 is 15.5 Å². The van der Waals surface area contributed by atoms with Gasteiger partial charge in [-0.25, -0.2) is 9.78 Å². The number of benzene rings is 1. The Morgan fingerprint density at radius 3 is 2.73 bits per heavy atom. The minimum Gasteiger partial charge on any atom is -0.357 e. The summed E-state index contributed by atoms with van der Waals surface area (Å²) in [6, 6.07) is 14.3. The normalized spacial score (nSPS) is 17.9. The summed E-state index contributed by atoms with van der Waals surface area (Å²) >= 11 is 0. The number of nitrogens with zero attached hydrogens (tertiary/aromatic N) is 4. The van der Waals surface area contributed by atoms with Crippen molar-refractivity contribution in [3.8, 4) is 0 Å². The smallest absolute Gasteiger partial charge is 0.315 e. The fourth-order valence-corrected chi connectivity index (χ4v) is 4.92. The number of carbonyl (C=O) groups is 1. The SMILES string of the molecule is O=C(NCc1ccnc(N2CCCCC2)c1)NC1CCCc2c1cnn2Cc1ccccc1. The first-order chi connectivity index (χ1) is 16.3. The van der Waals surface area contributed by atoms with Crippen LogP contribution in [0.25, 0.3) is 0 Å². The highest BCUT2D eigenvalue weighted by Gasteiger charge is 2.25. The third-order valence-electron chi connectivity index (χ3n) is 6.69. The Bertz CT molecular complexity index is 1070. The molecule has 1 aliphatic carbocycles. The molecule has 0 saturated carbocycles. The van der Waals surface area contributed by atoms with Gasteiger partial charge in [0.25, 0.3) is 0 Å². The van der Waals surface area contributed by atoms with Crippen molar-refractivity contribution in [3.05, 3.63) is 77.2 Å². The highest BCUT2D eigenvalue weighted by Crippen LogP contribution is 2.30. The molecule has 0 bridgehead atoms. The number of carbonyl (C=O) groups excluding carboxylic acids is 1. The summed E-state index contributed by atoms with van der Waals surface area (Å²) in [5, 5.41) is 10.8. The molecule has 1 unspecified atom stereocenters. The lowest BCUT2D eigenvalue weighted by Gasteiger charge is -2.28. The third-order valence-corrected chi connectivity index (χ3v) is 6.69. The van der Waals surface area contributed by atoms with Crippen molar-refractivity contribution in [1.82, 2.24) is 25.4 Å². The number of nitrogens with one attached hydrogen (secondary N) is 2. The van der Waals surface area contributed by atoms with E-state index in [4.69, 9.17) is 0 Å². The Labute approximate surface area is 195 Å². The molecule has 2 amide bonds. The van der Waals surface area contributed by atoms with Gasteiger partial charge >= 0.3 is 6.03 Å². The van der Waals surface area contributed by atoms with E-state index in [1.54, 1.807) is 0 Å². The summed E-state index contributed by atoms with van der Waals surface area (Å²) in [6.45, 7) is 3.37. The molecule has 7 heteroatoms. The average molecular weight is 445 g/mol. The maximum atomic E-state index is 12.7. The number of anilines is 1. The van der Waals surface area contributed by atoms with Gasteiger partial charge in [0.2, 0.25) is 0 Å². The Morgan fingerprint density at radius 2 is 1.88 bits per heavy atom. The molecule has 2 aromatic heterocycles. The molecule has 1 aromatic carbocycles. The van der Waals surface area contributed by atoms with Crippen LogP contribution in [0.4, 0.5) is 10.6 Å². The second kappa shape index (κ2) is 10.1. The van der Waals surface area contributed by atoms with Crippen molar-refractivity contribution in [2.75, 3.05) is 18.0 Å². The molecular weight excluding hydrogens is 412 g/mol. The molecular formula is C26H32N6O. The zero-order valence-electron chi connectivity index (χ0n) is 19.0. The molecule has 0 spiro atoms. The van der Waals surface area contributed by atoms with E-state index in [2.05, 4.69) is 60.6 Å². The van der Waals surface area contributed by atoms with Crippen LogP contribution in [0.3, 0.4) is 0 Å². The summed E-state index contributed by atoms with van der Waals surface area (Å²) < 4.78 is 2.08. The van der Waals surface area contributed by atoms with E-state index in [0.29, 0.717) is 6.54 Å². The van der Waals surface area contributed by atoms with Crippen molar-refractivity contribution in [3.63, 3.8) is 0 Å². The second-order valence-electron chi connectivity index (χ2n) is 9.03. The van der Waals surface area contributed by atoms with Gasteiger partial charge < -0.3 is 15.5 Å². The number of hydrogen-bond acceptors (Lipinski definition) is 4. The molecule has 2 aliphatic rings. The molecule has 5 rings (SSSR count). The van der Waals surface area contributed by atoms with E-state index in [0.717, 1.165) is 55.8 Å². The summed E-state index contributed by atoms with van der Waals surface area (Å²) in [4.78, 5) is 19.6. The lowest BCUT2D eigenvalue weighted by atomic mass is 9.93.